The number of nitrogens with two attached hydrogens (primary N) is 1. The predicted molar refractivity (Wildman–Crippen MR) is 137 cm³/mol. The molecule has 5 N–H and O–H groups in total. The van der Waals surface area contributed by atoms with Crippen LogP contribution < -0.4 is 10.5 Å². The highest BCUT2D eigenvalue weighted by molar-refractivity contribution is 7.92. The number of sulfonamides is 1. The summed E-state index contributed by atoms with van der Waals surface area (Å²) in [5.74, 6) is -0.0491. The van der Waals surface area contributed by atoms with E-state index in [0.29, 0.717) is 44.7 Å². The van der Waals surface area contributed by atoms with Crippen LogP contribution in [0.2, 0.25) is 0 Å². The van der Waals surface area contributed by atoms with Gasteiger partial charge in [0.05, 0.1) is 28.0 Å². The maximum atomic E-state index is 13.0. The third kappa shape index (κ3) is 4.12. The van der Waals surface area contributed by atoms with Crippen LogP contribution in [0.1, 0.15) is 31.1 Å². The Balaban J connectivity index is 1.61. The Morgan fingerprint density at radius 1 is 1.06 bits per heavy atom. The largest absolute Gasteiger partial charge is 0.399 e. The number of aromatic nitrogens is 4. The molecule has 9 nitrogen and oxygen atoms in total. The van der Waals surface area contributed by atoms with Crippen LogP contribution in [0.15, 0.2) is 66.0 Å². The number of carbonyl (C=O) groups is 1. The second-order valence-electron chi connectivity index (χ2n) is 9.37. The van der Waals surface area contributed by atoms with Crippen molar-refractivity contribution in [3.05, 3.63) is 66.6 Å². The number of nitrogens with zero attached hydrogens (tertiary/aromatic N) is 2. The first-order valence-electron chi connectivity index (χ1n) is 10.9. The molecule has 0 unspecified atom stereocenters. The number of benzene rings is 2. The summed E-state index contributed by atoms with van der Waals surface area (Å²) in [5, 5.41) is 0.701. The zero-order valence-corrected chi connectivity index (χ0v) is 20.2. The summed E-state index contributed by atoms with van der Waals surface area (Å²) in [6, 6.07) is 11.3. The minimum Gasteiger partial charge on any atom is -0.399 e. The van der Waals surface area contributed by atoms with E-state index in [1.165, 1.54) is 24.3 Å². The molecule has 35 heavy (non-hydrogen) atoms. The summed E-state index contributed by atoms with van der Waals surface area (Å²) in [6.07, 6.45) is 4.95. The van der Waals surface area contributed by atoms with Crippen LogP contribution in [0.5, 0.6) is 0 Å². The highest BCUT2D eigenvalue weighted by Gasteiger charge is 2.26. The number of nitrogen functional groups attached to an aromatic ring is 1. The van der Waals surface area contributed by atoms with E-state index in [2.05, 4.69) is 19.7 Å². The summed E-state index contributed by atoms with van der Waals surface area (Å²) in [6.45, 7) is 5.55. The molecule has 0 aliphatic carbocycles. The molecule has 2 aromatic carbocycles. The number of rotatable bonds is 5. The van der Waals surface area contributed by atoms with E-state index in [4.69, 9.17) is 10.7 Å². The van der Waals surface area contributed by atoms with Crippen molar-refractivity contribution in [2.24, 2.45) is 5.41 Å². The number of H-pyrrole nitrogens is 2. The van der Waals surface area contributed by atoms with Gasteiger partial charge in [-0.05, 0) is 42.5 Å². The van der Waals surface area contributed by atoms with E-state index >= 15 is 0 Å². The summed E-state index contributed by atoms with van der Waals surface area (Å²) in [4.78, 5) is 28.3. The monoisotopic (exact) mass is 488 g/mol. The molecule has 10 heteroatoms. The molecule has 178 valence electrons. The van der Waals surface area contributed by atoms with Gasteiger partial charge in [0.2, 0.25) is 0 Å². The average molecular weight is 489 g/mol. The molecule has 0 amide bonds. The third-order valence-electron chi connectivity index (χ3n) is 5.71. The first-order valence-corrected chi connectivity index (χ1v) is 12.4. The maximum Gasteiger partial charge on any atom is 0.261 e. The van der Waals surface area contributed by atoms with Gasteiger partial charge in [-0.3, -0.25) is 9.52 Å². The molecule has 0 spiro atoms. The van der Waals surface area contributed by atoms with Crippen molar-refractivity contribution in [1.82, 2.24) is 19.9 Å². The van der Waals surface area contributed by atoms with Gasteiger partial charge in [-0.1, -0.05) is 20.8 Å². The van der Waals surface area contributed by atoms with Crippen molar-refractivity contribution in [1.29, 1.82) is 0 Å². The van der Waals surface area contributed by atoms with Gasteiger partial charge in [0.1, 0.15) is 5.52 Å². The summed E-state index contributed by atoms with van der Waals surface area (Å²) in [7, 11) is -3.86. The van der Waals surface area contributed by atoms with E-state index in [9.17, 15) is 13.2 Å². The van der Waals surface area contributed by atoms with E-state index in [-0.39, 0.29) is 10.7 Å². The standard InChI is InChI=1S/C25H24N6O3S/c1-25(2,3)23(32)18-12-28-24-22(18)30-21(13-29-24)14-10-19-17(8-9-27-19)20(11-14)31-35(33,34)16-6-4-15(26)5-7-16/h4-13,27,31H,26H2,1-3H3,(H,28,29). The second-order valence-corrected chi connectivity index (χ2v) is 11.1. The van der Waals surface area contributed by atoms with Gasteiger partial charge >= 0.3 is 0 Å². The van der Waals surface area contributed by atoms with Crippen LogP contribution in [0.4, 0.5) is 11.4 Å². The van der Waals surface area contributed by atoms with E-state index in [1.54, 1.807) is 30.7 Å². The smallest absolute Gasteiger partial charge is 0.261 e. The third-order valence-corrected chi connectivity index (χ3v) is 7.09. The van der Waals surface area contributed by atoms with Crippen molar-refractivity contribution < 1.29 is 13.2 Å². The topological polar surface area (TPSA) is 147 Å². The molecule has 0 aliphatic heterocycles. The molecule has 0 aliphatic rings. The van der Waals surface area contributed by atoms with Gasteiger partial charge in [0.25, 0.3) is 10.0 Å². The van der Waals surface area contributed by atoms with Crippen molar-refractivity contribution in [2.45, 2.75) is 25.7 Å². The van der Waals surface area contributed by atoms with Gasteiger partial charge < -0.3 is 15.7 Å². The fourth-order valence-electron chi connectivity index (χ4n) is 3.86. The molecule has 3 aromatic heterocycles. The van der Waals surface area contributed by atoms with Gasteiger partial charge in [0, 0.05) is 40.0 Å². The van der Waals surface area contributed by atoms with Gasteiger partial charge in [-0.2, -0.15) is 0 Å². The number of nitrogens with one attached hydrogen (secondary N) is 3. The normalized spacial score (nSPS) is 12.3. The van der Waals surface area contributed by atoms with Crippen molar-refractivity contribution in [2.75, 3.05) is 10.5 Å². The number of carbonyl (C=O) groups excluding carboxylic acids is 1. The molecular weight excluding hydrogens is 464 g/mol. The van der Waals surface area contributed by atoms with Crippen molar-refractivity contribution >= 4 is 49.2 Å². The van der Waals surface area contributed by atoms with Crippen LogP contribution in [0.25, 0.3) is 33.3 Å². The quantitative estimate of drug-likeness (QED) is 0.208. The van der Waals surface area contributed by atoms with E-state index < -0.39 is 15.4 Å². The SMILES string of the molecule is CC(C)(C)C(=O)c1c[nH]c2ncc(-c3cc(NS(=O)(=O)c4ccc(N)cc4)c4cc[nH]c4c3)nc12. The fraction of sp³-hybridized carbons (Fsp3) is 0.160. The number of fused-ring (bicyclic) bond motifs is 2. The number of anilines is 2. The lowest BCUT2D eigenvalue weighted by Gasteiger charge is -2.15. The Bertz CT molecular complexity index is 1690. The van der Waals surface area contributed by atoms with Gasteiger partial charge in [-0.15, -0.1) is 0 Å². The number of hydrogen-bond acceptors (Lipinski definition) is 6. The molecule has 5 aromatic rings. The van der Waals surface area contributed by atoms with Crippen LogP contribution in [-0.2, 0) is 10.0 Å². The zero-order valence-electron chi connectivity index (χ0n) is 19.4. The lowest BCUT2D eigenvalue weighted by Crippen LogP contribution is -2.20. The van der Waals surface area contributed by atoms with Crippen LogP contribution in [0, 0.1) is 5.41 Å². The predicted octanol–water partition coefficient (Wildman–Crippen LogP) is 4.72. The highest BCUT2D eigenvalue weighted by atomic mass is 32.2. The summed E-state index contributed by atoms with van der Waals surface area (Å²) in [5.41, 5.74) is 9.28. The van der Waals surface area contributed by atoms with Crippen molar-refractivity contribution in [3.63, 3.8) is 0 Å². The first-order chi connectivity index (χ1) is 16.5. The lowest BCUT2D eigenvalue weighted by atomic mass is 9.87. The Morgan fingerprint density at radius 3 is 2.51 bits per heavy atom. The summed E-state index contributed by atoms with van der Waals surface area (Å²) >= 11 is 0. The van der Waals surface area contributed by atoms with Crippen LogP contribution in [-0.4, -0.2) is 34.1 Å². The minimum atomic E-state index is -3.86. The van der Waals surface area contributed by atoms with E-state index in [0.717, 1.165) is 5.52 Å². The second kappa shape index (κ2) is 7.95. The number of ketones is 1. The molecule has 0 radical (unpaired) electrons. The molecule has 0 saturated heterocycles. The van der Waals surface area contributed by atoms with Crippen LogP contribution in [0.3, 0.4) is 0 Å². The summed E-state index contributed by atoms with van der Waals surface area (Å²) < 4.78 is 28.8. The maximum absolute atomic E-state index is 13.0. The van der Waals surface area contributed by atoms with Gasteiger partial charge in [0.15, 0.2) is 11.4 Å². The molecular formula is C25H24N6O3S. The lowest BCUT2D eigenvalue weighted by molar-refractivity contribution is 0.0860. The molecule has 0 atom stereocenters. The minimum absolute atomic E-state index is 0.0491. The number of Topliss-reactive ketones (excluding diaryl/α,β-unsaturated/α-hetero) is 1. The average Bonchev–Trinajstić information content (AvgIpc) is 3.44. The molecule has 0 bridgehead atoms. The Kier molecular flexibility index (Phi) is 5.13. The molecule has 3 heterocycles. The molecule has 0 fully saturated rings. The Morgan fingerprint density at radius 2 is 1.80 bits per heavy atom. The van der Waals surface area contributed by atoms with Crippen molar-refractivity contribution in [3.8, 4) is 11.3 Å². The molecule has 5 rings (SSSR count). The van der Waals surface area contributed by atoms with Crippen LogP contribution >= 0.6 is 0 Å². The Labute approximate surface area is 201 Å². The number of hydrogen-bond donors (Lipinski definition) is 4. The fourth-order valence-corrected chi connectivity index (χ4v) is 4.93. The van der Waals surface area contributed by atoms with E-state index in [1.807, 2.05) is 26.8 Å². The number of aromatic amines is 2. The van der Waals surface area contributed by atoms with Gasteiger partial charge in [-0.25, -0.2) is 18.4 Å². The first kappa shape index (κ1) is 22.6. The highest BCUT2D eigenvalue weighted by Crippen LogP contribution is 2.33. The molecule has 0 saturated carbocycles. The Hall–Kier alpha value is -4.18. The zero-order chi connectivity index (χ0) is 25.0.